The van der Waals surface area contributed by atoms with Gasteiger partial charge in [-0.3, -0.25) is 9.59 Å². The summed E-state index contributed by atoms with van der Waals surface area (Å²) < 4.78 is 12.9. The third-order valence-corrected chi connectivity index (χ3v) is 4.15. The van der Waals surface area contributed by atoms with E-state index in [0.29, 0.717) is 11.3 Å². The number of amides is 1. The molecule has 24 heavy (non-hydrogen) atoms. The number of Topliss-reactive ketones (excluding diaryl/α,β-unsaturated/α-hetero) is 1. The van der Waals surface area contributed by atoms with E-state index in [1.54, 1.807) is 18.2 Å². The lowest BCUT2D eigenvalue weighted by Gasteiger charge is -2.10. The number of carbonyl (C=O) groups is 2. The summed E-state index contributed by atoms with van der Waals surface area (Å²) in [5.41, 5.74) is 3.03. The molecule has 1 aliphatic carbocycles. The van der Waals surface area contributed by atoms with Crippen molar-refractivity contribution in [2.24, 2.45) is 5.92 Å². The SMILES string of the molecule is N#C[C@@H](C(=O)Nc1ccc(F)cc1)C(=O)c1ccc2c(c1)CCC2. The lowest BCUT2D eigenvalue weighted by Crippen LogP contribution is -2.28. The molecule has 3 rings (SSSR count). The van der Waals surface area contributed by atoms with Crippen LogP contribution in [-0.4, -0.2) is 11.7 Å². The molecule has 4 nitrogen and oxygen atoms in total. The molecule has 1 N–H and O–H groups in total. The number of fused-ring (bicyclic) bond motifs is 1. The molecule has 0 saturated heterocycles. The van der Waals surface area contributed by atoms with Gasteiger partial charge in [-0.15, -0.1) is 0 Å². The van der Waals surface area contributed by atoms with Crippen molar-refractivity contribution in [2.75, 3.05) is 5.32 Å². The van der Waals surface area contributed by atoms with Gasteiger partial charge in [-0.25, -0.2) is 4.39 Å². The van der Waals surface area contributed by atoms with Crippen LogP contribution in [0.5, 0.6) is 0 Å². The van der Waals surface area contributed by atoms with E-state index in [4.69, 9.17) is 0 Å². The third kappa shape index (κ3) is 3.18. The molecule has 2 aromatic rings. The van der Waals surface area contributed by atoms with Crippen molar-refractivity contribution < 1.29 is 14.0 Å². The highest BCUT2D eigenvalue weighted by atomic mass is 19.1. The Hall–Kier alpha value is -3.00. The highest BCUT2D eigenvalue weighted by Crippen LogP contribution is 2.24. The Morgan fingerprint density at radius 3 is 2.50 bits per heavy atom. The molecule has 1 amide bonds. The Labute approximate surface area is 138 Å². The molecule has 0 saturated carbocycles. The van der Waals surface area contributed by atoms with Crippen LogP contribution in [0.2, 0.25) is 0 Å². The topological polar surface area (TPSA) is 70.0 Å². The summed E-state index contributed by atoms with van der Waals surface area (Å²) in [5.74, 6) is -3.10. The van der Waals surface area contributed by atoms with E-state index in [1.807, 2.05) is 6.07 Å². The van der Waals surface area contributed by atoms with Gasteiger partial charge >= 0.3 is 0 Å². The molecule has 1 aliphatic rings. The second kappa shape index (κ2) is 6.63. The number of nitrogens with one attached hydrogen (secondary N) is 1. The van der Waals surface area contributed by atoms with E-state index < -0.39 is 23.4 Å². The standard InChI is InChI=1S/C19H15FN2O2/c20-15-6-8-16(9-7-15)22-19(24)17(11-21)18(23)14-5-4-12-2-1-3-13(12)10-14/h4-10,17H,1-3H2,(H,22,24)/t17-/m1/s1. The first-order chi connectivity index (χ1) is 11.6. The fourth-order valence-corrected chi connectivity index (χ4v) is 2.88. The lowest BCUT2D eigenvalue weighted by atomic mass is 9.95. The second-order valence-electron chi connectivity index (χ2n) is 5.76. The predicted octanol–water partition coefficient (Wildman–Crippen LogP) is 3.28. The molecule has 5 heteroatoms. The lowest BCUT2D eigenvalue weighted by molar-refractivity contribution is -0.117. The summed E-state index contributed by atoms with van der Waals surface area (Å²) in [6.07, 6.45) is 2.96. The number of hydrogen-bond donors (Lipinski definition) is 1. The molecule has 0 spiro atoms. The number of nitrogens with zero attached hydrogens (tertiary/aromatic N) is 1. The highest BCUT2D eigenvalue weighted by molar-refractivity contribution is 6.15. The van der Waals surface area contributed by atoms with E-state index >= 15 is 0 Å². The monoisotopic (exact) mass is 322 g/mol. The van der Waals surface area contributed by atoms with E-state index in [-0.39, 0.29) is 0 Å². The Morgan fingerprint density at radius 1 is 1.08 bits per heavy atom. The summed E-state index contributed by atoms with van der Waals surface area (Å²) in [5, 5.41) is 11.7. The average Bonchev–Trinajstić information content (AvgIpc) is 3.05. The Balaban J connectivity index is 1.77. The minimum Gasteiger partial charge on any atom is -0.325 e. The summed E-state index contributed by atoms with van der Waals surface area (Å²) in [4.78, 5) is 24.7. The summed E-state index contributed by atoms with van der Waals surface area (Å²) in [6, 6.07) is 12.2. The minimum absolute atomic E-state index is 0.336. The zero-order chi connectivity index (χ0) is 17.1. The number of halogens is 1. The van der Waals surface area contributed by atoms with Crippen LogP contribution in [0, 0.1) is 23.1 Å². The van der Waals surface area contributed by atoms with Crippen LogP contribution in [0.1, 0.15) is 27.9 Å². The van der Waals surface area contributed by atoms with Crippen molar-refractivity contribution in [2.45, 2.75) is 19.3 Å². The first-order valence-corrected chi connectivity index (χ1v) is 7.70. The van der Waals surface area contributed by atoms with Crippen molar-refractivity contribution in [1.82, 2.24) is 0 Å². The average molecular weight is 322 g/mol. The van der Waals surface area contributed by atoms with E-state index in [0.717, 1.165) is 24.8 Å². The number of anilines is 1. The van der Waals surface area contributed by atoms with E-state index in [2.05, 4.69) is 5.32 Å². The predicted molar refractivity (Wildman–Crippen MR) is 86.9 cm³/mol. The molecule has 0 unspecified atom stereocenters. The first-order valence-electron chi connectivity index (χ1n) is 7.70. The molecular formula is C19H15FN2O2. The van der Waals surface area contributed by atoms with Gasteiger partial charge in [0.05, 0.1) is 6.07 Å². The van der Waals surface area contributed by atoms with Gasteiger partial charge in [0.1, 0.15) is 5.82 Å². The van der Waals surface area contributed by atoms with Crippen LogP contribution < -0.4 is 5.32 Å². The van der Waals surface area contributed by atoms with Gasteiger partial charge in [0, 0.05) is 11.3 Å². The molecule has 0 aromatic heterocycles. The maximum Gasteiger partial charge on any atom is 0.249 e. The molecule has 0 radical (unpaired) electrons. The quantitative estimate of drug-likeness (QED) is 0.694. The number of hydrogen-bond acceptors (Lipinski definition) is 3. The molecule has 0 aliphatic heterocycles. The van der Waals surface area contributed by atoms with Gasteiger partial charge in [0.2, 0.25) is 5.91 Å². The molecule has 0 bridgehead atoms. The molecule has 0 heterocycles. The van der Waals surface area contributed by atoms with Crippen LogP contribution in [-0.2, 0) is 17.6 Å². The van der Waals surface area contributed by atoms with Gasteiger partial charge in [0.15, 0.2) is 11.7 Å². The summed E-state index contributed by atoms with van der Waals surface area (Å²) >= 11 is 0. The van der Waals surface area contributed by atoms with Crippen molar-refractivity contribution in [1.29, 1.82) is 5.26 Å². The van der Waals surface area contributed by atoms with E-state index in [1.165, 1.54) is 29.8 Å². The van der Waals surface area contributed by atoms with Crippen molar-refractivity contribution in [3.05, 3.63) is 65.0 Å². The van der Waals surface area contributed by atoms with Crippen LogP contribution in [0.3, 0.4) is 0 Å². The second-order valence-corrected chi connectivity index (χ2v) is 5.76. The Morgan fingerprint density at radius 2 is 1.79 bits per heavy atom. The zero-order valence-corrected chi connectivity index (χ0v) is 12.9. The Bertz CT molecular complexity index is 837. The number of carbonyl (C=O) groups excluding carboxylic acids is 2. The summed E-state index contributed by atoms with van der Waals surface area (Å²) in [7, 11) is 0. The van der Waals surface area contributed by atoms with Crippen LogP contribution >= 0.6 is 0 Å². The van der Waals surface area contributed by atoms with Crippen molar-refractivity contribution in [3.8, 4) is 6.07 Å². The fraction of sp³-hybridized carbons (Fsp3) is 0.211. The summed E-state index contributed by atoms with van der Waals surface area (Å²) in [6.45, 7) is 0. The number of rotatable bonds is 4. The number of benzene rings is 2. The van der Waals surface area contributed by atoms with Gasteiger partial charge in [-0.1, -0.05) is 12.1 Å². The van der Waals surface area contributed by atoms with Crippen LogP contribution in [0.15, 0.2) is 42.5 Å². The molecule has 0 fully saturated rings. The number of nitriles is 1. The Kier molecular flexibility index (Phi) is 4.39. The van der Waals surface area contributed by atoms with Gasteiger partial charge in [-0.05, 0) is 60.7 Å². The van der Waals surface area contributed by atoms with Crippen LogP contribution in [0.4, 0.5) is 10.1 Å². The minimum atomic E-state index is -1.44. The molecule has 1 atom stereocenters. The maximum absolute atomic E-state index is 12.9. The molecular weight excluding hydrogens is 307 g/mol. The molecule has 120 valence electrons. The highest BCUT2D eigenvalue weighted by Gasteiger charge is 2.28. The van der Waals surface area contributed by atoms with Crippen molar-refractivity contribution in [3.63, 3.8) is 0 Å². The van der Waals surface area contributed by atoms with Crippen LogP contribution in [0.25, 0.3) is 0 Å². The van der Waals surface area contributed by atoms with E-state index in [9.17, 15) is 19.2 Å². The maximum atomic E-state index is 12.9. The number of ketones is 1. The fourth-order valence-electron chi connectivity index (χ4n) is 2.88. The smallest absolute Gasteiger partial charge is 0.249 e. The zero-order valence-electron chi connectivity index (χ0n) is 12.9. The normalized spacial score (nSPS) is 13.7. The van der Waals surface area contributed by atoms with Gasteiger partial charge < -0.3 is 5.32 Å². The largest absolute Gasteiger partial charge is 0.325 e. The third-order valence-electron chi connectivity index (χ3n) is 4.15. The van der Waals surface area contributed by atoms with Gasteiger partial charge in [-0.2, -0.15) is 5.26 Å². The van der Waals surface area contributed by atoms with Gasteiger partial charge in [0.25, 0.3) is 0 Å². The van der Waals surface area contributed by atoms with Crippen molar-refractivity contribution >= 4 is 17.4 Å². The molecule has 2 aromatic carbocycles. The first kappa shape index (κ1) is 15.9. The number of aryl methyl sites for hydroxylation is 2.